The van der Waals surface area contributed by atoms with Crippen LogP contribution in [0.5, 0.6) is 5.75 Å². The first-order chi connectivity index (χ1) is 20.5. The predicted molar refractivity (Wildman–Crippen MR) is 172 cm³/mol. The molecule has 0 N–H and O–H groups in total. The summed E-state index contributed by atoms with van der Waals surface area (Å²) in [5.41, 5.74) is 0.628. The second kappa shape index (κ2) is 12.8. The highest BCUT2D eigenvalue weighted by Gasteiger charge is 2.46. The van der Waals surface area contributed by atoms with Gasteiger partial charge in [0.1, 0.15) is 12.3 Å². The highest BCUT2D eigenvalue weighted by Crippen LogP contribution is 2.45. The van der Waals surface area contributed by atoms with E-state index >= 15 is 0 Å². The molecule has 0 radical (unpaired) electrons. The molecule has 1 aliphatic rings. The molecule has 8 nitrogen and oxygen atoms in total. The van der Waals surface area contributed by atoms with E-state index in [-0.39, 0.29) is 28.0 Å². The summed E-state index contributed by atoms with van der Waals surface area (Å²) in [4.78, 5) is 67.0. The van der Waals surface area contributed by atoms with Crippen molar-refractivity contribution in [2.45, 2.75) is 0 Å². The molecule has 1 heterocycles. The fraction of sp³-hybridized carbons (Fsp3) is 0.0333. The fourth-order valence-electron chi connectivity index (χ4n) is 4.21. The van der Waals surface area contributed by atoms with Crippen molar-refractivity contribution in [1.82, 2.24) is 10.0 Å². The van der Waals surface area contributed by atoms with Gasteiger partial charge in [-0.2, -0.15) is 5.01 Å². The van der Waals surface area contributed by atoms with E-state index in [0.29, 0.717) is 33.5 Å². The summed E-state index contributed by atoms with van der Waals surface area (Å²) in [7, 11) is 0. The number of fused-ring (bicyclic) bond motifs is 1. The van der Waals surface area contributed by atoms with Crippen LogP contribution >= 0.6 is 75.3 Å². The Morgan fingerprint density at radius 2 is 1.19 bits per heavy atom. The maximum atomic E-state index is 13.8. The number of carbonyl (C=O) groups excluding carboxylic acids is 5. The minimum atomic E-state index is -0.806. The Morgan fingerprint density at radius 1 is 0.674 bits per heavy atom. The van der Waals surface area contributed by atoms with Crippen LogP contribution < -0.4 is 4.74 Å². The zero-order chi connectivity index (χ0) is 31.0. The van der Waals surface area contributed by atoms with Crippen molar-refractivity contribution in [2.75, 3.05) is 6.54 Å². The van der Waals surface area contributed by atoms with Gasteiger partial charge in [0, 0.05) is 34.0 Å². The van der Waals surface area contributed by atoms with Crippen LogP contribution in [0.3, 0.4) is 0 Å². The van der Waals surface area contributed by atoms with E-state index in [1.54, 1.807) is 30.3 Å². The van der Waals surface area contributed by atoms with E-state index in [2.05, 4.69) is 63.7 Å². The Morgan fingerprint density at radius 3 is 1.72 bits per heavy atom. The Kier molecular flexibility index (Phi) is 9.33. The van der Waals surface area contributed by atoms with Gasteiger partial charge in [-0.1, -0.05) is 29.8 Å². The second-order valence-corrected chi connectivity index (χ2v) is 12.6. The standard InChI is InChI=1S/C30H15Br4ClN2O6/c31-23-21-22(24(32)26(34)25(23)33)29(41)37(28(21)40)36(27(39)16-6-10-18(35)11-7-16)14-20(38)15-8-12-19(13-9-15)43-30(42)17-4-2-1-3-5-17/h1-13H,14H2. The number of amides is 3. The fourth-order valence-corrected chi connectivity index (χ4v) is 6.79. The van der Waals surface area contributed by atoms with Crippen molar-refractivity contribution in [3.05, 3.63) is 130 Å². The molecule has 13 heteroatoms. The largest absolute Gasteiger partial charge is 0.423 e. The summed E-state index contributed by atoms with van der Waals surface area (Å²) in [5.74, 6) is -3.34. The second-order valence-electron chi connectivity index (χ2n) is 9.00. The first-order valence-electron chi connectivity index (χ1n) is 12.2. The predicted octanol–water partition coefficient (Wildman–Crippen LogP) is 8.15. The molecule has 216 valence electrons. The first kappa shape index (κ1) is 31.3. The molecular weight excluding hydrogens is 839 g/mol. The van der Waals surface area contributed by atoms with Crippen molar-refractivity contribution in [1.29, 1.82) is 0 Å². The van der Waals surface area contributed by atoms with Gasteiger partial charge < -0.3 is 4.74 Å². The number of hydrazine groups is 1. The minimum absolute atomic E-state index is 0.0119. The molecule has 5 rings (SSSR count). The summed E-state index contributed by atoms with van der Waals surface area (Å²) in [6.07, 6.45) is 0. The van der Waals surface area contributed by atoms with Crippen LogP contribution in [-0.4, -0.2) is 46.0 Å². The summed E-state index contributed by atoms with van der Waals surface area (Å²) in [5, 5.41) is 1.83. The Balaban J connectivity index is 1.46. The molecule has 0 saturated heterocycles. The Labute approximate surface area is 283 Å². The minimum Gasteiger partial charge on any atom is -0.423 e. The van der Waals surface area contributed by atoms with Crippen molar-refractivity contribution in [3.63, 3.8) is 0 Å². The summed E-state index contributed by atoms with van der Waals surface area (Å²) < 4.78 is 6.91. The molecule has 43 heavy (non-hydrogen) atoms. The molecule has 0 fully saturated rings. The van der Waals surface area contributed by atoms with Crippen LogP contribution in [0.2, 0.25) is 5.02 Å². The highest BCUT2D eigenvalue weighted by atomic mass is 79.9. The van der Waals surface area contributed by atoms with Crippen LogP contribution in [0.25, 0.3) is 0 Å². The summed E-state index contributed by atoms with van der Waals surface area (Å²) in [6.45, 7) is -0.659. The SMILES string of the molecule is O=C(CN(C(=O)c1ccc(Cl)cc1)N1C(=O)c2c(Br)c(Br)c(Br)c(Br)c2C1=O)c1ccc(OC(=O)c2ccccc2)cc1. The van der Waals surface area contributed by atoms with Crippen molar-refractivity contribution in [3.8, 4) is 5.75 Å². The third-order valence-corrected chi connectivity index (χ3v) is 11.4. The number of hydrogen-bond donors (Lipinski definition) is 0. The Hall–Kier alpha value is -3.16. The molecule has 0 saturated carbocycles. The highest BCUT2D eigenvalue weighted by molar-refractivity contribution is 9.15. The topological polar surface area (TPSA) is 101 Å². The Bertz CT molecular complexity index is 1770. The zero-order valence-electron chi connectivity index (χ0n) is 21.4. The lowest BCUT2D eigenvalue weighted by atomic mass is 10.1. The molecule has 3 amide bonds. The van der Waals surface area contributed by atoms with E-state index < -0.39 is 36.0 Å². The molecule has 0 atom stereocenters. The number of benzene rings is 4. The van der Waals surface area contributed by atoms with Crippen molar-refractivity contribution in [2.24, 2.45) is 0 Å². The number of imide groups is 1. The molecule has 1 aliphatic heterocycles. The summed E-state index contributed by atoms with van der Waals surface area (Å²) in [6, 6.07) is 19.9. The van der Waals surface area contributed by atoms with E-state index in [4.69, 9.17) is 16.3 Å². The molecule has 0 unspecified atom stereocenters. The lowest BCUT2D eigenvalue weighted by molar-refractivity contribution is 0.00526. The third-order valence-electron chi connectivity index (χ3n) is 6.34. The van der Waals surface area contributed by atoms with Crippen LogP contribution in [0.15, 0.2) is 96.8 Å². The lowest BCUT2D eigenvalue weighted by Gasteiger charge is -2.29. The number of hydrogen-bond acceptors (Lipinski definition) is 6. The van der Waals surface area contributed by atoms with Crippen LogP contribution in [0.1, 0.15) is 51.8 Å². The summed E-state index contributed by atoms with van der Waals surface area (Å²) >= 11 is 19.5. The number of carbonyl (C=O) groups is 5. The van der Waals surface area contributed by atoms with Gasteiger partial charge in [0.2, 0.25) is 0 Å². The number of rotatable bonds is 7. The molecule has 0 aromatic heterocycles. The van der Waals surface area contributed by atoms with Gasteiger partial charge in [0.05, 0.1) is 16.7 Å². The number of ether oxygens (including phenoxy) is 1. The third kappa shape index (κ3) is 6.12. The van der Waals surface area contributed by atoms with Gasteiger partial charge >= 0.3 is 5.97 Å². The molecule has 0 aliphatic carbocycles. The number of nitrogens with zero attached hydrogens (tertiary/aromatic N) is 2. The molecule has 0 bridgehead atoms. The van der Waals surface area contributed by atoms with Crippen LogP contribution in [0.4, 0.5) is 0 Å². The monoisotopic (exact) mass is 850 g/mol. The quantitative estimate of drug-likeness (QED) is 0.0465. The lowest BCUT2D eigenvalue weighted by Crippen LogP contribution is -2.51. The van der Waals surface area contributed by atoms with E-state index in [9.17, 15) is 24.0 Å². The van der Waals surface area contributed by atoms with Gasteiger partial charge in [-0.25, -0.2) is 9.80 Å². The van der Waals surface area contributed by atoms with Crippen molar-refractivity contribution < 1.29 is 28.7 Å². The van der Waals surface area contributed by atoms with E-state index in [0.717, 1.165) is 5.01 Å². The first-order valence-corrected chi connectivity index (χ1v) is 15.8. The number of halogens is 5. The molecule has 4 aromatic carbocycles. The smallest absolute Gasteiger partial charge is 0.343 e. The maximum absolute atomic E-state index is 13.8. The average Bonchev–Trinajstić information content (AvgIpc) is 3.27. The zero-order valence-corrected chi connectivity index (χ0v) is 28.5. The van der Waals surface area contributed by atoms with Crippen molar-refractivity contribution >= 4 is 105 Å². The number of ketones is 1. The normalized spacial score (nSPS) is 12.3. The van der Waals surface area contributed by atoms with Crippen LogP contribution in [0, 0.1) is 0 Å². The van der Waals surface area contributed by atoms with Gasteiger partial charge in [-0.05, 0) is 124 Å². The van der Waals surface area contributed by atoms with Crippen LogP contribution in [-0.2, 0) is 0 Å². The van der Waals surface area contributed by atoms with Gasteiger partial charge in [-0.3, -0.25) is 19.2 Å². The van der Waals surface area contributed by atoms with E-state index in [1.165, 1.54) is 48.5 Å². The number of Topliss-reactive ketones (excluding diaryl/α,β-unsaturated/α-hetero) is 1. The van der Waals surface area contributed by atoms with Gasteiger partial charge in [0.25, 0.3) is 17.7 Å². The van der Waals surface area contributed by atoms with Gasteiger partial charge in [-0.15, -0.1) is 0 Å². The number of esters is 1. The molecule has 4 aromatic rings. The van der Waals surface area contributed by atoms with E-state index in [1.807, 2.05) is 0 Å². The molecular formula is C30H15Br4ClN2O6. The average molecular weight is 855 g/mol. The van der Waals surface area contributed by atoms with Gasteiger partial charge in [0.15, 0.2) is 5.78 Å². The molecule has 0 spiro atoms. The maximum Gasteiger partial charge on any atom is 0.343 e.